The lowest BCUT2D eigenvalue weighted by Gasteiger charge is -2.18. The zero-order valence-electron chi connectivity index (χ0n) is 16.1. The predicted molar refractivity (Wildman–Crippen MR) is 112 cm³/mol. The molecule has 1 amide bonds. The van der Waals surface area contributed by atoms with Gasteiger partial charge in [0.25, 0.3) is 5.56 Å². The molecule has 2 heterocycles. The summed E-state index contributed by atoms with van der Waals surface area (Å²) < 4.78 is 3.31. The fraction of sp³-hybridized carbons (Fsp3) is 0.368. The van der Waals surface area contributed by atoms with Crippen molar-refractivity contribution in [3.05, 3.63) is 46.0 Å². The maximum Gasteiger partial charge on any atom is 0.286 e. The van der Waals surface area contributed by atoms with Gasteiger partial charge in [0.05, 0.1) is 17.8 Å². The van der Waals surface area contributed by atoms with Crippen LogP contribution in [0, 0.1) is 0 Å². The number of fused-ring (bicyclic) bond motifs is 1. The van der Waals surface area contributed by atoms with Gasteiger partial charge in [-0.25, -0.2) is 9.97 Å². The van der Waals surface area contributed by atoms with Gasteiger partial charge in [0.15, 0.2) is 16.3 Å². The number of thioether (sulfide) groups is 1. The van der Waals surface area contributed by atoms with Gasteiger partial charge >= 0.3 is 0 Å². The molecule has 148 valence electrons. The first-order chi connectivity index (χ1) is 13.5. The number of aromatic nitrogens is 4. The first-order valence-electron chi connectivity index (χ1n) is 9.14. The second-order valence-corrected chi connectivity index (χ2v) is 7.45. The summed E-state index contributed by atoms with van der Waals surface area (Å²) in [5, 5.41) is 1.03. The van der Waals surface area contributed by atoms with Crippen molar-refractivity contribution in [2.24, 2.45) is 0 Å². The van der Waals surface area contributed by atoms with Crippen LogP contribution in [0.4, 0.5) is 0 Å². The molecule has 3 aromatic rings. The number of amides is 1. The summed E-state index contributed by atoms with van der Waals surface area (Å²) in [6.07, 6.45) is 1.61. The molecule has 0 saturated carbocycles. The smallest absolute Gasteiger partial charge is 0.286 e. The lowest BCUT2D eigenvalue weighted by molar-refractivity contribution is -0.127. The number of hydrogen-bond acceptors (Lipinski definition) is 5. The number of rotatable bonds is 7. The van der Waals surface area contributed by atoms with Gasteiger partial charge in [-0.05, 0) is 45.0 Å². The van der Waals surface area contributed by atoms with Crippen LogP contribution in [0.15, 0.2) is 40.5 Å². The molecule has 0 radical (unpaired) electrons. The van der Waals surface area contributed by atoms with E-state index in [9.17, 15) is 9.59 Å². The number of halogens is 1. The number of aryl methyl sites for hydroxylation is 1. The first kappa shape index (κ1) is 20.4. The van der Waals surface area contributed by atoms with Gasteiger partial charge in [-0.1, -0.05) is 23.4 Å². The van der Waals surface area contributed by atoms with Gasteiger partial charge in [-0.15, -0.1) is 0 Å². The van der Waals surface area contributed by atoms with E-state index in [0.29, 0.717) is 46.7 Å². The van der Waals surface area contributed by atoms with Crippen molar-refractivity contribution in [3.63, 3.8) is 0 Å². The third kappa shape index (κ3) is 3.93. The Morgan fingerprint density at radius 3 is 2.46 bits per heavy atom. The van der Waals surface area contributed by atoms with Crippen LogP contribution in [0.5, 0.6) is 0 Å². The maximum atomic E-state index is 13.2. The highest BCUT2D eigenvalue weighted by atomic mass is 35.5. The molecular formula is C19H22ClN5O2S. The van der Waals surface area contributed by atoms with Crippen molar-refractivity contribution in [2.45, 2.75) is 32.5 Å². The Hall–Kier alpha value is -2.32. The van der Waals surface area contributed by atoms with E-state index in [0.717, 1.165) is 0 Å². The van der Waals surface area contributed by atoms with Crippen LogP contribution in [0.25, 0.3) is 16.9 Å². The SMILES string of the molecule is CCN(CC)C(=O)CSc1nc2c(ncn2CC)c(=O)n1-c1ccc(Cl)cc1. The lowest BCUT2D eigenvalue weighted by atomic mass is 10.3. The lowest BCUT2D eigenvalue weighted by Crippen LogP contribution is -2.32. The minimum Gasteiger partial charge on any atom is -0.343 e. The minimum absolute atomic E-state index is 0.0102. The second kappa shape index (κ2) is 8.79. The predicted octanol–water partition coefficient (Wildman–Crippen LogP) is 3.22. The molecule has 1 aromatic carbocycles. The van der Waals surface area contributed by atoms with Crippen molar-refractivity contribution >= 4 is 40.4 Å². The van der Waals surface area contributed by atoms with E-state index < -0.39 is 0 Å². The average Bonchev–Trinajstić information content (AvgIpc) is 3.11. The summed E-state index contributed by atoms with van der Waals surface area (Å²) in [7, 11) is 0. The van der Waals surface area contributed by atoms with E-state index in [4.69, 9.17) is 11.6 Å². The molecule has 7 nitrogen and oxygen atoms in total. The summed E-state index contributed by atoms with van der Waals surface area (Å²) in [4.78, 5) is 36.3. The number of hydrogen-bond donors (Lipinski definition) is 0. The molecule has 0 saturated heterocycles. The van der Waals surface area contributed by atoms with Crippen molar-refractivity contribution in [3.8, 4) is 5.69 Å². The van der Waals surface area contributed by atoms with Gasteiger partial charge < -0.3 is 9.47 Å². The summed E-state index contributed by atoms with van der Waals surface area (Å²) in [5.41, 5.74) is 1.19. The Kier molecular flexibility index (Phi) is 6.41. The van der Waals surface area contributed by atoms with Gasteiger partial charge in [0.1, 0.15) is 0 Å². The molecule has 3 rings (SSSR count). The monoisotopic (exact) mass is 419 g/mol. The molecule has 0 N–H and O–H groups in total. The molecule has 0 aliphatic rings. The van der Waals surface area contributed by atoms with Crippen molar-refractivity contribution in [1.29, 1.82) is 0 Å². The molecule has 2 aromatic heterocycles. The Morgan fingerprint density at radius 1 is 1.18 bits per heavy atom. The Bertz CT molecular complexity index is 1040. The van der Waals surface area contributed by atoms with E-state index in [1.807, 2.05) is 25.3 Å². The Balaban J connectivity index is 2.09. The third-order valence-corrected chi connectivity index (χ3v) is 5.65. The van der Waals surface area contributed by atoms with E-state index in [1.54, 1.807) is 35.5 Å². The molecule has 0 spiro atoms. The fourth-order valence-corrected chi connectivity index (χ4v) is 3.95. The molecule has 9 heteroatoms. The summed E-state index contributed by atoms with van der Waals surface area (Å²) >= 11 is 7.24. The van der Waals surface area contributed by atoms with Crippen molar-refractivity contribution < 1.29 is 4.79 Å². The summed E-state index contributed by atoms with van der Waals surface area (Å²) in [6, 6.07) is 6.94. The molecule has 0 aliphatic carbocycles. The van der Waals surface area contributed by atoms with Crippen LogP contribution >= 0.6 is 23.4 Å². The van der Waals surface area contributed by atoms with Crippen molar-refractivity contribution in [1.82, 2.24) is 24.0 Å². The first-order valence-corrected chi connectivity index (χ1v) is 10.5. The minimum atomic E-state index is -0.266. The van der Waals surface area contributed by atoms with Gasteiger partial charge in [0, 0.05) is 24.7 Å². The zero-order chi connectivity index (χ0) is 20.3. The standard InChI is InChI=1S/C19H22ClN5O2S/c1-4-23(5-2)15(26)11-28-19-22-17-16(21-12-24(17)6-3)18(27)25(19)14-9-7-13(20)8-10-14/h7-10,12H,4-6,11H2,1-3H3. The van der Waals surface area contributed by atoms with Gasteiger partial charge in [-0.2, -0.15) is 0 Å². The third-order valence-electron chi connectivity index (χ3n) is 4.47. The maximum absolute atomic E-state index is 13.2. The normalized spacial score (nSPS) is 11.1. The van der Waals surface area contributed by atoms with Crippen LogP contribution in [0.2, 0.25) is 5.02 Å². The van der Waals surface area contributed by atoms with Gasteiger partial charge in [-0.3, -0.25) is 14.2 Å². The van der Waals surface area contributed by atoms with E-state index in [2.05, 4.69) is 9.97 Å². The number of nitrogens with zero attached hydrogens (tertiary/aromatic N) is 5. The topological polar surface area (TPSA) is 73.0 Å². The van der Waals surface area contributed by atoms with Crippen LogP contribution < -0.4 is 5.56 Å². The largest absolute Gasteiger partial charge is 0.343 e. The van der Waals surface area contributed by atoms with E-state index in [1.165, 1.54) is 16.3 Å². The summed E-state index contributed by atoms with van der Waals surface area (Å²) in [6.45, 7) is 7.80. The highest BCUT2D eigenvalue weighted by Crippen LogP contribution is 2.22. The fourth-order valence-electron chi connectivity index (χ4n) is 2.92. The van der Waals surface area contributed by atoms with E-state index in [-0.39, 0.29) is 17.2 Å². The van der Waals surface area contributed by atoms with Crippen LogP contribution in [-0.2, 0) is 11.3 Å². The van der Waals surface area contributed by atoms with Crippen LogP contribution in [0.1, 0.15) is 20.8 Å². The van der Waals surface area contributed by atoms with Crippen LogP contribution in [0.3, 0.4) is 0 Å². The molecule has 0 bridgehead atoms. The van der Waals surface area contributed by atoms with Gasteiger partial charge in [0.2, 0.25) is 5.91 Å². The molecule has 0 aliphatic heterocycles. The van der Waals surface area contributed by atoms with Crippen LogP contribution in [-0.4, -0.2) is 48.8 Å². The van der Waals surface area contributed by atoms with E-state index >= 15 is 0 Å². The number of carbonyl (C=O) groups is 1. The van der Waals surface area contributed by atoms with Crippen molar-refractivity contribution in [2.75, 3.05) is 18.8 Å². The number of carbonyl (C=O) groups excluding carboxylic acids is 1. The quantitative estimate of drug-likeness (QED) is 0.434. The second-order valence-electron chi connectivity index (χ2n) is 6.07. The molecule has 0 unspecified atom stereocenters. The number of benzene rings is 1. The Morgan fingerprint density at radius 2 is 1.86 bits per heavy atom. The molecule has 0 atom stereocenters. The summed E-state index contributed by atoms with van der Waals surface area (Å²) in [5.74, 6) is 0.212. The Labute approximate surface area is 172 Å². The molecule has 0 fully saturated rings. The highest BCUT2D eigenvalue weighted by Gasteiger charge is 2.19. The zero-order valence-corrected chi connectivity index (χ0v) is 17.6. The molecular weight excluding hydrogens is 398 g/mol. The average molecular weight is 420 g/mol. The highest BCUT2D eigenvalue weighted by molar-refractivity contribution is 7.99. The number of imidazole rings is 1. The molecule has 28 heavy (non-hydrogen) atoms.